The number of nitrogens with one attached hydrogen (secondary N) is 1. The quantitative estimate of drug-likeness (QED) is 0.837. The number of hydrogen-bond donors (Lipinski definition) is 1. The second-order valence-electron chi connectivity index (χ2n) is 5.11. The van der Waals surface area contributed by atoms with E-state index in [1.165, 1.54) is 6.07 Å². The Hall–Kier alpha value is -1.38. The molecule has 0 heterocycles. The van der Waals surface area contributed by atoms with Crippen LogP contribution in [-0.4, -0.2) is 6.04 Å². The van der Waals surface area contributed by atoms with E-state index in [1.807, 2.05) is 36.4 Å². The number of halogens is 2. The highest BCUT2D eigenvalue weighted by atomic mass is 35.5. The summed E-state index contributed by atoms with van der Waals surface area (Å²) in [5, 5.41) is 4.22. The van der Waals surface area contributed by atoms with Crippen molar-refractivity contribution in [2.45, 2.75) is 32.4 Å². The Bertz CT molecular complexity index is 570. The second-order valence-corrected chi connectivity index (χ2v) is 5.51. The smallest absolute Gasteiger partial charge is 0.126 e. The number of hydrogen-bond acceptors (Lipinski definition) is 1. The molecule has 1 nitrogen and oxygen atoms in total. The van der Waals surface area contributed by atoms with Gasteiger partial charge in [-0.05, 0) is 43.5 Å². The molecule has 2 atom stereocenters. The zero-order valence-corrected chi connectivity index (χ0v) is 12.5. The molecule has 1 N–H and O–H groups in total. The van der Waals surface area contributed by atoms with Crippen molar-refractivity contribution in [1.29, 1.82) is 0 Å². The van der Waals surface area contributed by atoms with Gasteiger partial charge in [0.2, 0.25) is 0 Å². The third-order valence-corrected chi connectivity index (χ3v) is 3.73. The summed E-state index contributed by atoms with van der Waals surface area (Å²) in [6.45, 7) is 4.12. The van der Waals surface area contributed by atoms with Crippen LogP contribution in [0, 0.1) is 5.82 Å². The Labute approximate surface area is 124 Å². The van der Waals surface area contributed by atoms with Gasteiger partial charge in [-0.1, -0.05) is 48.0 Å². The van der Waals surface area contributed by atoms with E-state index in [2.05, 4.69) is 19.2 Å². The van der Waals surface area contributed by atoms with Gasteiger partial charge in [-0.2, -0.15) is 0 Å². The van der Waals surface area contributed by atoms with E-state index in [-0.39, 0.29) is 17.9 Å². The van der Waals surface area contributed by atoms with Gasteiger partial charge in [-0.15, -0.1) is 0 Å². The van der Waals surface area contributed by atoms with Gasteiger partial charge in [0.05, 0.1) is 0 Å². The van der Waals surface area contributed by atoms with E-state index < -0.39 is 0 Å². The van der Waals surface area contributed by atoms with Gasteiger partial charge < -0.3 is 5.32 Å². The van der Waals surface area contributed by atoms with Crippen LogP contribution in [0.1, 0.15) is 31.0 Å². The predicted octanol–water partition coefficient (Wildman–Crippen LogP) is 4.76. The molecule has 0 fully saturated rings. The van der Waals surface area contributed by atoms with Crippen LogP contribution < -0.4 is 5.32 Å². The summed E-state index contributed by atoms with van der Waals surface area (Å²) in [5.74, 6) is -0.147. The van der Waals surface area contributed by atoms with Crippen molar-refractivity contribution in [3.63, 3.8) is 0 Å². The molecule has 0 saturated heterocycles. The second kappa shape index (κ2) is 6.87. The minimum atomic E-state index is -0.147. The molecule has 0 aliphatic rings. The highest BCUT2D eigenvalue weighted by Gasteiger charge is 2.13. The summed E-state index contributed by atoms with van der Waals surface area (Å²) in [6.07, 6.45) is 0.654. The molecule has 2 aromatic rings. The Morgan fingerprint density at radius 3 is 2.40 bits per heavy atom. The van der Waals surface area contributed by atoms with Gasteiger partial charge in [-0.3, -0.25) is 0 Å². The average Bonchev–Trinajstić information content (AvgIpc) is 2.41. The lowest BCUT2D eigenvalue weighted by atomic mass is 10.0. The zero-order chi connectivity index (χ0) is 14.5. The van der Waals surface area contributed by atoms with Crippen LogP contribution in [0.15, 0.2) is 48.5 Å². The lowest BCUT2D eigenvalue weighted by Crippen LogP contribution is -2.31. The van der Waals surface area contributed by atoms with Crippen molar-refractivity contribution in [3.8, 4) is 0 Å². The van der Waals surface area contributed by atoms with Crippen molar-refractivity contribution < 1.29 is 4.39 Å². The lowest BCUT2D eigenvalue weighted by Gasteiger charge is -2.21. The fourth-order valence-electron chi connectivity index (χ4n) is 2.40. The number of rotatable bonds is 5. The lowest BCUT2D eigenvalue weighted by molar-refractivity contribution is 0.469. The molecule has 2 rings (SSSR count). The third-order valence-electron chi connectivity index (χ3n) is 3.39. The molecule has 0 aromatic heterocycles. The SMILES string of the molecule is CC(Cc1ccccc1F)N[C@H](C)c1ccccc1Cl. The Morgan fingerprint density at radius 1 is 1.05 bits per heavy atom. The topological polar surface area (TPSA) is 12.0 Å². The Balaban J connectivity index is 2.00. The van der Waals surface area contributed by atoms with E-state index in [0.717, 1.165) is 16.1 Å². The van der Waals surface area contributed by atoms with Crippen LogP contribution in [0.3, 0.4) is 0 Å². The average molecular weight is 292 g/mol. The monoisotopic (exact) mass is 291 g/mol. The summed E-state index contributed by atoms with van der Waals surface area (Å²) in [6, 6.07) is 15.0. The molecular weight excluding hydrogens is 273 g/mol. The molecule has 1 unspecified atom stereocenters. The summed E-state index contributed by atoms with van der Waals surface area (Å²) in [7, 11) is 0. The van der Waals surface area contributed by atoms with E-state index in [1.54, 1.807) is 6.07 Å². The molecular formula is C17H19ClFN. The molecule has 0 amide bonds. The van der Waals surface area contributed by atoms with Crippen LogP contribution in [0.5, 0.6) is 0 Å². The molecule has 0 aliphatic carbocycles. The first-order valence-corrected chi connectivity index (χ1v) is 7.19. The first-order chi connectivity index (χ1) is 9.58. The highest BCUT2D eigenvalue weighted by molar-refractivity contribution is 6.31. The molecule has 0 saturated carbocycles. The summed E-state index contributed by atoms with van der Waals surface area (Å²) in [4.78, 5) is 0. The molecule has 0 radical (unpaired) electrons. The van der Waals surface area contributed by atoms with Crippen LogP contribution in [0.25, 0.3) is 0 Å². The molecule has 0 spiro atoms. The van der Waals surface area contributed by atoms with Crippen LogP contribution >= 0.6 is 11.6 Å². The zero-order valence-electron chi connectivity index (χ0n) is 11.7. The van der Waals surface area contributed by atoms with E-state index in [9.17, 15) is 4.39 Å². The molecule has 2 aromatic carbocycles. The minimum Gasteiger partial charge on any atom is -0.307 e. The Kier molecular flexibility index (Phi) is 5.16. The molecule has 0 aliphatic heterocycles. The summed E-state index contributed by atoms with van der Waals surface area (Å²) in [5.41, 5.74) is 1.80. The van der Waals surface area contributed by atoms with Crippen LogP contribution in [0.2, 0.25) is 5.02 Å². The normalized spacial score (nSPS) is 14.0. The van der Waals surface area contributed by atoms with Gasteiger partial charge in [0.25, 0.3) is 0 Å². The van der Waals surface area contributed by atoms with E-state index in [0.29, 0.717) is 6.42 Å². The number of benzene rings is 2. The first kappa shape index (κ1) is 15.0. The maximum atomic E-state index is 13.6. The molecule has 3 heteroatoms. The predicted molar refractivity (Wildman–Crippen MR) is 82.6 cm³/mol. The van der Waals surface area contributed by atoms with Gasteiger partial charge in [0.1, 0.15) is 5.82 Å². The van der Waals surface area contributed by atoms with Crippen molar-refractivity contribution in [2.75, 3.05) is 0 Å². The van der Waals surface area contributed by atoms with Gasteiger partial charge in [0, 0.05) is 17.1 Å². The molecule has 0 bridgehead atoms. The van der Waals surface area contributed by atoms with Crippen LogP contribution in [-0.2, 0) is 6.42 Å². The standard InChI is InChI=1S/C17H19ClFN/c1-12(11-14-7-3-6-10-17(14)19)20-13(2)15-8-4-5-9-16(15)18/h3-10,12-13,20H,11H2,1-2H3/t12?,13-/m1/s1. The van der Waals surface area contributed by atoms with Crippen molar-refractivity contribution in [3.05, 3.63) is 70.5 Å². The van der Waals surface area contributed by atoms with Gasteiger partial charge in [-0.25, -0.2) is 4.39 Å². The van der Waals surface area contributed by atoms with Crippen molar-refractivity contribution in [2.24, 2.45) is 0 Å². The van der Waals surface area contributed by atoms with E-state index in [4.69, 9.17) is 11.6 Å². The highest BCUT2D eigenvalue weighted by Crippen LogP contribution is 2.23. The fraction of sp³-hybridized carbons (Fsp3) is 0.294. The Morgan fingerprint density at radius 2 is 1.70 bits per heavy atom. The molecule has 106 valence electrons. The minimum absolute atomic E-state index is 0.130. The summed E-state index contributed by atoms with van der Waals surface area (Å²) < 4.78 is 13.6. The maximum absolute atomic E-state index is 13.6. The fourth-order valence-corrected chi connectivity index (χ4v) is 2.69. The maximum Gasteiger partial charge on any atom is 0.126 e. The van der Waals surface area contributed by atoms with Gasteiger partial charge >= 0.3 is 0 Å². The van der Waals surface area contributed by atoms with Crippen LogP contribution in [0.4, 0.5) is 4.39 Å². The van der Waals surface area contributed by atoms with Crippen molar-refractivity contribution in [1.82, 2.24) is 5.32 Å². The van der Waals surface area contributed by atoms with Crippen molar-refractivity contribution >= 4 is 11.6 Å². The van der Waals surface area contributed by atoms with Gasteiger partial charge in [0.15, 0.2) is 0 Å². The third kappa shape index (κ3) is 3.81. The largest absolute Gasteiger partial charge is 0.307 e. The summed E-state index contributed by atoms with van der Waals surface area (Å²) >= 11 is 6.19. The first-order valence-electron chi connectivity index (χ1n) is 6.82. The molecule has 20 heavy (non-hydrogen) atoms. The van der Waals surface area contributed by atoms with E-state index >= 15 is 0 Å².